The largest absolute Gasteiger partial charge is 0.320 e. The van der Waals surface area contributed by atoms with Gasteiger partial charge in [-0.05, 0) is 30.7 Å². The van der Waals surface area contributed by atoms with Gasteiger partial charge in [-0.15, -0.1) is 0 Å². The first-order valence-electron chi connectivity index (χ1n) is 5.81. The highest BCUT2D eigenvalue weighted by Gasteiger charge is 2.27. The van der Waals surface area contributed by atoms with Crippen LogP contribution in [0.4, 0.5) is 4.39 Å². The third-order valence-corrected chi connectivity index (χ3v) is 3.07. The zero-order chi connectivity index (χ0) is 13.1. The number of nitrogens with one attached hydrogen (secondary N) is 1. The Morgan fingerprint density at radius 2 is 2.39 bits per heavy atom. The second kappa shape index (κ2) is 5.15. The number of piperazine rings is 1. The Kier molecular flexibility index (Phi) is 3.58. The van der Waals surface area contributed by atoms with Gasteiger partial charge in [-0.2, -0.15) is 5.26 Å². The zero-order valence-corrected chi connectivity index (χ0v) is 10.1. The van der Waals surface area contributed by atoms with Crippen molar-refractivity contribution >= 4 is 5.91 Å². The Morgan fingerprint density at radius 1 is 1.61 bits per heavy atom. The molecule has 0 aromatic heterocycles. The van der Waals surface area contributed by atoms with Gasteiger partial charge in [-0.1, -0.05) is 0 Å². The molecule has 1 N–H and O–H groups in total. The predicted octanol–water partition coefficient (Wildman–Crippen LogP) is 1.07. The van der Waals surface area contributed by atoms with Gasteiger partial charge < -0.3 is 10.2 Å². The molecule has 0 spiro atoms. The number of nitrogens with zero attached hydrogens (tertiary/aromatic N) is 2. The summed E-state index contributed by atoms with van der Waals surface area (Å²) in [6.07, 6.45) is 0. The molecule has 2 rings (SSSR count). The van der Waals surface area contributed by atoms with Gasteiger partial charge in [-0.25, -0.2) is 4.39 Å². The maximum atomic E-state index is 13.0. The average Bonchev–Trinajstić information content (AvgIpc) is 2.38. The van der Waals surface area contributed by atoms with Crippen molar-refractivity contribution in [2.75, 3.05) is 19.6 Å². The van der Waals surface area contributed by atoms with E-state index >= 15 is 0 Å². The maximum absolute atomic E-state index is 13.0. The first-order chi connectivity index (χ1) is 8.63. The average molecular weight is 247 g/mol. The van der Waals surface area contributed by atoms with Crippen LogP contribution in [-0.4, -0.2) is 36.5 Å². The molecule has 1 aromatic carbocycles. The van der Waals surface area contributed by atoms with Crippen molar-refractivity contribution < 1.29 is 9.18 Å². The standard InChI is InChI=1S/C13H14FN3O/c1-9-6-10(14)2-3-12(9)13(18)17-5-4-16-8-11(17)7-15/h2-3,6,11,16H,4-5,8H2,1H3. The Labute approximate surface area is 105 Å². The molecule has 1 unspecified atom stereocenters. The smallest absolute Gasteiger partial charge is 0.255 e. The van der Waals surface area contributed by atoms with E-state index < -0.39 is 6.04 Å². The minimum absolute atomic E-state index is 0.208. The number of hydrogen-bond acceptors (Lipinski definition) is 3. The summed E-state index contributed by atoms with van der Waals surface area (Å²) >= 11 is 0. The molecular formula is C13H14FN3O. The minimum Gasteiger partial charge on any atom is -0.320 e. The van der Waals surface area contributed by atoms with Crippen molar-refractivity contribution in [2.45, 2.75) is 13.0 Å². The van der Waals surface area contributed by atoms with Crippen LogP contribution in [-0.2, 0) is 0 Å². The fraction of sp³-hybridized carbons (Fsp3) is 0.385. The van der Waals surface area contributed by atoms with E-state index in [-0.39, 0.29) is 11.7 Å². The van der Waals surface area contributed by atoms with Crippen molar-refractivity contribution in [3.63, 3.8) is 0 Å². The molecule has 5 heteroatoms. The van der Waals surface area contributed by atoms with Crippen molar-refractivity contribution in [1.82, 2.24) is 10.2 Å². The molecule has 1 atom stereocenters. The Bertz CT molecular complexity index is 509. The van der Waals surface area contributed by atoms with Crippen LogP contribution in [0.25, 0.3) is 0 Å². The fourth-order valence-corrected chi connectivity index (χ4v) is 2.08. The van der Waals surface area contributed by atoms with Gasteiger partial charge in [0.1, 0.15) is 11.9 Å². The second-order valence-corrected chi connectivity index (χ2v) is 4.31. The summed E-state index contributed by atoms with van der Waals surface area (Å²) in [6, 6.07) is 5.72. The van der Waals surface area contributed by atoms with E-state index in [2.05, 4.69) is 11.4 Å². The van der Waals surface area contributed by atoms with Gasteiger partial charge >= 0.3 is 0 Å². The molecular weight excluding hydrogens is 233 g/mol. The van der Waals surface area contributed by atoms with Crippen molar-refractivity contribution in [3.8, 4) is 6.07 Å². The Hall–Kier alpha value is -1.93. The highest BCUT2D eigenvalue weighted by molar-refractivity contribution is 5.96. The predicted molar refractivity (Wildman–Crippen MR) is 64.4 cm³/mol. The molecule has 0 aliphatic carbocycles. The molecule has 1 aromatic rings. The molecule has 94 valence electrons. The summed E-state index contributed by atoms with van der Waals surface area (Å²) < 4.78 is 13.0. The molecule has 1 aliphatic heterocycles. The molecule has 0 bridgehead atoms. The lowest BCUT2D eigenvalue weighted by molar-refractivity contribution is 0.0686. The molecule has 18 heavy (non-hydrogen) atoms. The summed E-state index contributed by atoms with van der Waals surface area (Å²) in [5, 5.41) is 12.1. The lowest BCUT2D eigenvalue weighted by Crippen LogP contribution is -2.53. The number of halogens is 1. The van der Waals surface area contributed by atoms with Crippen LogP contribution < -0.4 is 5.32 Å². The van der Waals surface area contributed by atoms with Crippen molar-refractivity contribution in [1.29, 1.82) is 5.26 Å². The molecule has 1 aliphatic rings. The Morgan fingerprint density at radius 3 is 3.06 bits per heavy atom. The van der Waals surface area contributed by atoms with Crippen LogP contribution in [0, 0.1) is 24.1 Å². The number of carbonyl (C=O) groups is 1. The van der Waals surface area contributed by atoms with Crippen LogP contribution in [0.2, 0.25) is 0 Å². The number of rotatable bonds is 1. The third-order valence-electron chi connectivity index (χ3n) is 3.07. The molecule has 0 saturated carbocycles. The lowest BCUT2D eigenvalue weighted by atomic mass is 10.1. The van der Waals surface area contributed by atoms with Gasteiger partial charge in [0.2, 0.25) is 0 Å². The summed E-state index contributed by atoms with van der Waals surface area (Å²) in [7, 11) is 0. The normalized spacial score (nSPS) is 19.4. The number of nitriles is 1. The van der Waals surface area contributed by atoms with Gasteiger partial charge in [0.25, 0.3) is 5.91 Å². The van der Waals surface area contributed by atoms with Crippen LogP contribution in [0.15, 0.2) is 18.2 Å². The zero-order valence-electron chi connectivity index (χ0n) is 10.1. The number of aryl methyl sites for hydroxylation is 1. The van der Waals surface area contributed by atoms with Crippen LogP contribution in [0.1, 0.15) is 15.9 Å². The van der Waals surface area contributed by atoms with E-state index in [4.69, 9.17) is 5.26 Å². The summed E-state index contributed by atoms with van der Waals surface area (Å²) in [4.78, 5) is 13.9. The molecule has 4 nitrogen and oxygen atoms in total. The van der Waals surface area contributed by atoms with Crippen LogP contribution >= 0.6 is 0 Å². The quantitative estimate of drug-likeness (QED) is 0.807. The first kappa shape index (κ1) is 12.5. The summed E-state index contributed by atoms with van der Waals surface area (Å²) in [5.74, 6) is -0.568. The van der Waals surface area contributed by atoms with Gasteiger partial charge in [-0.3, -0.25) is 4.79 Å². The van der Waals surface area contributed by atoms with E-state index in [1.165, 1.54) is 23.1 Å². The van der Waals surface area contributed by atoms with E-state index in [0.717, 1.165) is 0 Å². The number of benzene rings is 1. The monoisotopic (exact) mass is 247 g/mol. The topological polar surface area (TPSA) is 56.1 Å². The minimum atomic E-state index is -0.462. The molecule has 1 amide bonds. The highest BCUT2D eigenvalue weighted by atomic mass is 19.1. The molecule has 1 fully saturated rings. The van der Waals surface area contributed by atoms with Gasteiger partial charge in [0.15, 0.2) is 0 Å². The fourth-order valence-electron chi connectivity index (χ4n) is 2.08. The van der Waals surface area contributed by atoms with E-state index in [9.17, 15) is 9.18 Å². The number of carbonyl (C=O) groups excluding carboxylic acids is 1. The highest BCUT2D eigenvalue weighted by Crippen LogP contribution is 2.15. The van der Waals surface area contributed by atoms with Crippen LogP contribution in [0.3, 0.4) is 0 Å². The van der Waals surface area contributed by atoms with E-state index in [0.29, 0.717) is 30.8 Å². The summed E-state index contributed by atoms with van der Waals surface area (Å²) in [5.41, 5.74) is 1.05. The number of hydrogen-bond donors (Lipinski definition) is 1. The second-order valence-electron chi connectivity index (χ2n) is 4.31. The third kappa shape index (κ3) is 2.34. The number of amides is 1. The van der Waals surface area contributed by atoms with Crippen molar-refractivity contribution in [2.24, 2.45) is 0 Å². The lowest BCUT2D eigenvalue weighted by Gasteiger charge is -2.32. The maximum Gasteiger partial charge on any atom is 0.255 e. The van der Waals surface area contributed by atoms with E-state index in [1.54, 1.807) is 6.92 Å². The molecule has 1 heterocycles. The van der Waals surface area contributed by atoms with Crippen LogP contribution in [0.5, 0.6) is 0 Å². The van der Waals surface area contributed by atoms with E-state index in [1.807, 2.05) is 0 Å². The van der Waals surface area contributed by atoms with Crippen molar-refractivity contribution in [3.05, 3.63) is 35.1 Å². The first-order valence-corrected chi connectivity index (χ1v) is 5.81. The SMILES string of the molecule is Cc1cc(F)ccc1C(=O)N1CCNCC1C#N. The summed E-state index contributed by atoms with van der Waals surface area (Å²) in [6.45, 7) is 3.33. The molecule has 1 saturated heterocycles. The van der Waals surface area contributed by atoms with Gasteiger partial charge in [0.05, 0.1) is 6.07 Å². The molecule has 0 radical (unpaired) electrons. The van der Waals surface area contributed by atoms with Gasteiger partial charge in [0, 0.05) is 25.2 Å². The Balaban J connectivity index is 2.27.